The maximum atomic E-state index is 12.0. The molecule has 0 aromatic carbocycles. The van der Waals surface area contributed by atoms with E-state index in [-0.39, 0.29) is 11.8 Å². The van der Waals surface area contributed by atoms with E-state index in [1.54, 1.807) is 6.20 Å². The minimum Gasteiger partial charge on any atom is -0.330 e. The third-order valence-electron chi connectivity index (χ3n) is 3.21. The quantitative estimate of drug-likeness (QED) is 0.845. The maximum absolute atomic E-state index is 12.0. The number of carbonyl (C=O) groups is 1. The van der Waals surface area contributed by atoms with E-state index in [0.717, 1.165) is 19.3 Å². The Hall–Kier alpha value is -0.940. The lowest BCUT2D eigenvalue weighted by Crippen LogP contribution is -2.35. The zero-order chi connectivity index (χ0) is 11.4. The number of rotatable bonds is 3. The second-order valence-corrected chi connectivity index (χ2v) is 5.11. The first-order valence-corrected chi connectivity index (χ1v) is 6.59. The fraction of sp³-hybridized carbons (Fsp3) is 0.636. The first kappa shape index (κ1) is 11.5. The molecular formula is C11H17N3OS. The van der Waals surface area contributed by atoms with E-state index < -0.39 is 0 Å². The van der Waals surface area contributed by atoms with Crippen LogP contribution >= 0.6 is 11.3 Å². The van der Waals surface area contributed by atoms with E-state index in [9.17, 15) is 4.79 Å². The molecule has 0 radical (unpaired) electrons. The van der Waals surface area contributed by atoms with Gasteiger partial charge in [0.15, 0.2) is 5.13 Å². The van der Waals surface area contributed by atoms with Gasteiger partial charge in [0.1, 0.15) is 0 Å². The van der Waals surface area contributed by atoms with E-state index in [2.05, 4.69) is 10.3 Å². The summed E-state index contributed by atoms with van der Waals surface area (Å²) in [5.41, 5.74) is 5.71. The summed E-state index contributed by atoms with van der Waals surface area (Å²) < 4.78 is 0. The van der Waals surface area contributed by atoms with Gasteiger partial charge in [0.25, 0.3) is 0 Å². The van der Waals surface area contributed by atoms with Gasteiger partial charge in [0.2, 0.25) is 5.91 Å². The Labute approximate surface area is 99.3 Å². The van der Waals surface area contributed by atoms with Crippen molar-refractivity contribution in [2.75, 3.05) is 11.9 Å². The number of hydrogen-bond acceptors (Lipinski definition) is 4. The van der Waals surface area contributed by atoms with Crippen molar-refractivity contribution >= 4 is 22.4 Å². The molecule has 0 aliphatic heterocycles. The second-order valence-electron chi connectivity index (χ2n) is 4.21. The minimum atomic E-state index is 0.0719. The van der Waals surface area contributed by atoms with Crippen LogP contribution in [0.2, 0.25) is 0 Å². The summed E-state index contributed by atoms with van der Waals surface area (Å²) in [7, 11) is 0. The lowest BCUT2D eigenvalue weighted by molar-refractivity contribution is -0.122. The third kappa shape index (κ3) is 2.59. The zero-order valence-corrected chi connectivity index (χ0v) is 10.0. The standard InChI is InChI=1S/C11H17N3OS/c12-7-8-3-1-2-4-9(8)10(15)14-11-13-5-6-16-11/h5-6,8-9H,1-4,7,12H2,(H,13,14,15). The van der Waals surface area contributed by atoms with Gasteiger partial charge in [0, 0.05) is 17.5 Å². The number of anilines is 1. The van der Waals surface area contributed by atoms with Crippen molar-refractivity contribution in [1.29, 1.82) is 0 Å². The smallest absolute Gasteiger partial charge is 0.229 e. The predicted molar refractivity (Wildman–Crippen MR) is 65.2 cm³/mol. The highest BCUT2D eigenvalue weighted by Gasteiger charge is 2.30. The van der Waals surface area contributed by atoms with E-state index >= 15 is 0 Å². The third-order valence-corrected chi connectivity index (χ3v) is 3.90. The SMILES string of the molecule is NCC1CCCCC1C(=O)Nc1nccs1. The van der Waals surface area contributed by atoms with Crippen LogP contribution in [0.15, 0.2) is 11.6 Å². The Morgan fingerprint density at radius 1 is 1.56 bits per heavy atom. The summed E-state index contributed by atoms with van der Waals surface area (Å²) in [4.78, 5) is 16.1. The summed E-state index contributed by atoms with van der Waals surface area (Å²) in [5.74, 6) is 0.501. The van der Waals surface area contributed by atoms with Gasteiger partial charge in [-0.25, -0.2) is 4.98 Å². The van der Waals surface area contributed by atoms with Gasteiger partial charge in [-0.2, -0.15) is 0 Å². The van der Waals surface area contributed by atoms with Crippen LogP contribution in [0.5, 0.6) is 0 Å². The lowest BCUT2D eigenvalue weighted by atomic mass is 9.79. The molecule has 1 saturated carbocycles. The molecule has 1 aliphatic carbocycles. The summed E-state index contributed by atoms with van der Waals surface area (Å²) >= 11 is 1.45. The molecule has 1 fully saturated rings. The molecule has 4 nitrogen and oxygen atoms in total. The van der Waals surface area contributed by atoms with Crippen LogP contribution < -0.4 is 11.1 Å². The van der Waals surface area contributed by atoms with E-state index in [1.807, 2.05) is 5.38 Å². The van der Waals surface area contributed by atoms with Crippen molar-refractivity contribution in [2.24, 2.45) is 17.6 Å². The molecule has 0 saturated heterocycles. The van der Waals surface area contributed by atoms with Crippen LogP contribution in [-0.4, -0.2) is 17.4 Å². The highest BCUT2D eigenvalue weighted by molar-refractivity contribution is 7.13. The van der Waals surface area contributed by atoms with Crippen molar-refractivity contribution in [1.82, 2.24) is 4.98 Å². The summed E-state index contributed by atoms with van der Waals surface area (Å²) in [5, 5.41) is 5.41. The molecule has 88 valence electrons. The van der Waals surface area contributed by atoms with Crippen molar-refractivity contribution in [2.45, 2.75) is 25.7 Å². The van der Waals surface area contributed by atoms with Crippen LogP contribution in [0, 0.1) is 11.8 Å². The van der Waals surface area contributed by atoms with E-state index in [0.29, 0.717) is 17.6 Å². The number of amides is 1. The molecule has 2 atom stereocenters. The van der Waals surface area contributed by atoms with Crippen LogP contribution in [0.1, 0.15) is 25.7 Å². The van der Waals surface area contributed by atoms with Crippen LogP contribution in [0.4, 0.5) is 5.13 Å². The molecule has 16 heavy (non-hydrogen) atoms. The minimum absolute atomic E-state index is 0.0719. The zero-order valence-electron chi connectivity index (χ0n) is 9.19. The van der Waals surface area contributed by atoms with Gasteiger partial charge in [-0.15, -0.1) is 11.3 Å². The highest BCUT2D eigenvalue weighted by atomic mass is 32.1. The number of nitrogens with zero attached hydrogens (tertiary/aromatic N) is 1. The number of nitrogens with one attached hydrogen (secondary N) is 1. The molecule has 0 bridgehead atoms. The fourth-order valence-corrected chi connectivity index (χ4v) is 2.85. The van der Waals surface area contributed by atoms with E-state index in [4.69, 9.17) is 5.73 Å². The fourth-order valence-electron chi connectivity index (χ4n) is 2.32. The van der Waals surface area contributed by atoms with Crippen LogP contribution in [0.3, 0.4) is 0 Å². The molecule has 3 N–H and O–H groups in total. The topological polar surface area (TPSA) is 68.0 Å². The Kier molecular flexibility index (Phi) is 3.90. The normalized spacial score (nSPS) is 25.3. The first-order chi connectivity index (χ1) is 7.81. The first-order valence-electron chi connectivity index (χ1n) is 5.71. The second kappa shape index (κ2) is 5.41. The molecular weight excluding hydrogens is 222 g/mol. The Morgan fingerprint density at radius 2 is 2.38 bits per heavy atom. The Morgan fingerprint density at radius 3 is 3.06 bits per heavy atom. The van der Waals surface area contributed by atoms with Crippen molar-refractivity contribution in [3.05, 3.63) is 11.6 Å². The highest BCUT2D eigenvalue weighted by Crippen LogP contribution is 2.30. The van der Waals surface area contributed by atoms with Crippen molar-refractivity contribution in [3.8, 4) is 0 Å². The molecule has 5 heteroatoms. The maximum Gasteiger partial charge on any atom is 0.229 e. The summed E-state index contributed by atoms with van der Waals surface area (Å²) in [6.45, 7) is 0.607. The number of carbonyl (C=O) groups excluding carboxylic acids is 1. The molecule has 1 amide bonds. The van der Waals surface area contributed by atoms with Crippen molar-refractivity contribution < 1.29 is 4.79 Å². The largest absolute Gasteiger partial charge is 0.330 e. The monoisotopic (exact) mass is 239 g/mol. The molecule has 1 aromatic rings. The average molecular weight is 239 g/mol. The number of nitrogens with two attached hydrogens (primary N) is 1. The molecule has 2 rings (SSSR count). The van der Waals surface area contributed by atoms with Crippen LogP contribution in [-0.2, 0) is 4.79 Å². The van der Waals surface area contributed by atoms with E-state index in [1.165, 1.54) is 17.8 Å². The molecule has 2 unspecified atom stereocenters. The average Bonchev–Trinajstić information content (AvgIpc) is 2.81. The van der Waals surface area contributed by atoms with Crippen LogP contribution in [0.25, 0.3) is 0 Å². The Balaban J connectivity index is 1.97. The van der Waals surface area contributed by atoms with Gasteiger partial charge in [-0.1, -0.05) is 12.8 Å². The Bertz CT molecular complexity index is 339. The van der Waals surface area contributed by atoms with Gasteiger partial charge < -0.3 is 11.1 Å². The van der Waals surface area contributed by atoms with Gasteiger partial charge in [-0.3, -0.25) is 4.79 Å². The summed E-state index contributed by atoms with van der Waals surface area (Å²) in [6, 6.07) is 0. The number of hydrogen-bond donors (Lipinski definition) is 2. The molecule has 1 aliphatic rings. The molecule has 1 heterocycles. The number of aromatic nitrogens is 1. The predicted octanol–water partition coefficient (Wildman–Crippen LogP) is 1.85. The molecule has 1 aromatic heterocycles. The van der Waals surface area contributed by atoms with Gasteiger partial charge >= 0.3 is 0 Å². The molecule has 0 spiro atoms. The van der Waals surface area contributed by atoms with Crippen molar-refractivity contribution in [3.63, 3.8) is 0 Å². The lowest BCUT2D eigenvalue weighted by Gasteiger charge is -2.29. The van der Waals surface area contributed by atoms with Gasteiger partial charge in [-0.05, 0) is 25.3 Å². The summed E-state index contributed by atoms with van der Waals surface area (Å²) in [6.07, 6.45) is 6.06. The number of thiazole rings is 1. The van der Waals surface area contributed by atoms with Gasteiger partial charge in [0.05, 0.1) is 0 Å².